The van der Waals surface area contributed by atoms with Gasteiger partial charge in [0.2, 0.25) is 11.8 Å². The predicted molar refractivity (Wildman–Crippen MR) is 120 cm³/mol. The molecule has 34 heavy (non-hydrogen) atoms. The maximum absolute atomic E-state index is 14.2. The molecule has 1 aliphatic carbocycles. The number of alkyl halides is 2. The van der Waals surface area contributed by atoms with Crippen LogP contribution in [0.1, 0.15) is 43.7 Å². The molecule has 0 radical (unpaired) electrons. The molecule has 1 heterocycles. The molecule has 2 aromatic rings. The largest absolute Gasteiger partial charge is 0.351 e. The summed E-state index contributed by atoms with van der Waals surface area (Å²) >= 11 is 6.39. The smallest absolute Gasteiger partial charge is 0.252 e. The zero-order chi connectivity index (χ0) is 24.5. The predicted octanol–water partition coefficient (Wildman–Crippen LogP) is 4.14. The van der Waals surface area contributed by atoms with E-state index in [9.17, 15) is 27.6 Å². The SMILES string of the molecule is O=C1CCCC(C(=O)N(c2cccc(F)c2)C(C(=O)NC2CC(F)(F)C2)c2ccccc2Cl)N1. The molecule has 180 valence electrons. The van der Waals surface area contributed by atoms with Crippen LogP contribution < -0.4 is 15.5 Å². The van der Waals surface area contributed by atoms with Gasteiger partial charge in [0.15, 0.2) is 0 Å². The molecule has 2 atom stereocenters. The molecule has 0 bridgehead atoms. The maximum atomic E-state index is 14.2. The molecule has 1 saturated carbocycles. The van der Waals surface area contributed by atoms with Crippen LogP contribution in [0.3, 0.4) is 0 Å². The lowest BCUT2D eigenvalue weighted by atomic mass is 9.87. The standard InChI is InChI=1S/C24H23ClF3N3O3/c25-18-8-2-1-7-17(18)21(22(33)29-15-12-24(27,28)13-15)31(16-6-3-5-14(26)11-16)23(34)19-9-4-10-20(32)30-19/h1-3,5-8,11,15,19,21H,4,9-10,12-13H2,(H,29,33)(H,30,32). The highest BCUT2D eigenvalue weighted by atomic mass is 35.5. The number of carbonyl (C=O) groups excluding carboxylic acids is 3. The van der Waals surface area contributed by atoms with E-state index in [0.717, 1.165) is 11.0 Å². The third-order valence-electron chi connectivity index (χ3n) is 6.00. The van der Waals surface area contributed by atoms with E-state index in [2.05, 4.69) is 10.6 Å². The Bertz CT molecular complexity index is 1110. The van der Waals surface area contributed by atoms with Crippen LogP contribution in [0.15, 0.2) is 48.5 Å². The Morgan fingerprint density at radius 2 is 1.88 bits per heavy atom. The quantitative estimate of drug-likeness (QED) is 0.635. The molecule has 3 amide bonds. The minimum Gasteiger partial charge on any atom is -0.351 e. The third-order valence-corrected chi connectivity index (χ3v) is 6.34. The van der Waals surface area contributed by atoms with Crippen molar-refractivity contribution in [3.8, 4) is 0 Å². The monoisotopic (exact) mass is 493 g/mol. The van der Waals surface area contributed by atoms with Gasteiger partial charge >= 0.3 is 0 Å². The second-order valence-corrected chi connectivity index (χ2v) is 9.00. The summed E-state index contributed by atoms with van der Waals surface area (Å²) in [6.45, 7) is 0. The maximum Gasteiger partial charge on any atom is 0.252 e. The van der Waals surface area contributed by atoms with E-state index in [1.54, 1.807) is 18.2 Å². The zero-order valence-corrected chi connectivity index (χ0v) is 18.8. The first-order valence-electron chi connectivity index (χ1n) is 11.0. The van der Waals surface area contributed by atoms with E-state index < -0.39 is 54.5 Å². The van der Waals surface area contributed by atoms with Gasteiger partial charge in [0.1, 0.15) is 17.9 Å². The lowest BCUT2D eigenvalue weighted by Gasteiger charge is -2.39. The highest BCUT2D eigenvalue weighted by molar-refractivity contribution is 6.31. The summed E-state index contributed by atoms with van der Waals surface area (Å²) < 4.78 is 41.0. The Kier molecular flexibility index (Phi) is 6.84. The van der Waals surface area contributed by atoms with E-state index in [1.165, 1.54) is 24.3 Å². The molecular weight excluding hydrogens is 471 g/mol. The van der Waals surface area contributed by atoms with Crippen LogP contribution in [0.5, 0.6) is 0 Å². The first kappa shape index (κ1) is 24.1. The molecule has 2 aromatic carbocycles. The highest BCUT2D eigenvalue weighted by Gasteiger charge is 2.47. The number of nitrogens with zero attached hydrogens (tertiary/aromatic N) is 1. The van der Waals surface area contributed by atoms with Crippen LogP contribution in [0.4, 0.5) is 18.9 Å². The van der Waals surface area contributed by atoms with Crippen LogP contribution in [-0.4, -0.2) is 35.7 Å². The molecule has 10 heteroatoms. The summed E-state index contributed by atoms with van der Waals surface area (Å²) in [5, 5.41) is 5.37. The van der Waals surface area contributed by atoms with Gasteiger partial charge in [-0.15, -0.1) is 0 Å². The second kappa shape index (κ2) is 9.66. The van der Waals surface area contributed by atoms with Gasteiger partial charge in [-0.1, -0.05) is 35.9 Å². The normalized spacial score (nSPS) is 20.6. The number of piperidine rings is 1. The van der Waals surface area contributed by atoms with Gasteiger partial charge in [0, 0.05) is 41.6 Å². The molecule has 4 rings (SSSR count). The first-order valence-corrected chi connectivity index (χ1v) is 11.3. The van der Waals surface area contributed by atoms with Crippen LogP contribution in [0.25, 0.3) is 0 Å². The van der Waals surface area contributed by atoms with Crippen LogP contribution >= 0.6 is 11.6 Å². The minimum absolute atomic E-state index is 0.0730. The second-order valence-electron chi connectivity index (χ2n) is 8.59. The van der Waals surface area contributed by atoms with Crippen molar-refractivity contribution in [3.05, 3.63) is 64.9 Å². The van der Waals surface area contributed by atoms with Crippen molar-refractivity contribution in [3.63, 3.8) is 0 Å². The summed E-state index contributed by atoms with van der Waals surface area (Å²) in [5.74, 6) is -5.16. The molecule has 6 nitrogen and oxygen atoms in total. The van der Waals surface area contributed by atoms with E-state index >= 15 is 0 Å². The summed E-state index contributed by atoms with van der Waals surface area (Å²) in [5.41, 5.74) is 0.316. The minimum atomic E-state index is -2.86. The summed E-state index contributed by atoms with van der Waals surface area (Å²) in [6.07, 6.45) is 0.0522. The Balaban J connectivity index is 1.77. The number of hydrogen-bond donors (Lipinski definition) is 2. The Morgan fingerprint density at radius 1 is 1.15 bits per heavy atom. The average molecular weight is 494 g/mol. The molecule has 2 fully saturated rings. The van der Waals surface area contributed by atoms with Gasteiger partial charge in [0.25, 0.3) is 11.8 Å². The molecule has 1 aliphatic heterocycles. The number of benzene rings is 2. The molecule has 1 saturated heterocycles. The van der Waals surface area contributed by atoms with Gasteiger partial charge in [-0.2, -0.15) is 0 Å². The molecular formula is C24H23ClF3N3O3. The van der Waals surface area contributed by atoms with Gasteiger partial charge in [-0.05, 0) is 37.1 Å². The van der Waals surface area contributed by atoms with E-state index in [1.807, 2.05) is 0 Å². The molecule has 2 unspecified atom stereocenters. The van der Waals surface area contributed by atoms with E-state index in [4.69, 9.17) is 11.6 Å². The van der Waals surface area contributed by atoms with Crippen molar-refractivity contribution in [1.29, 1.82) is 0 Å². The van der Waals surface area contributed by atoms with E-state index in [-0.39, 0.29) is 28.6 Å². The van der Waals surface area contributed by atoms with Gasteiger partial charge < -0.3 is 10.6 Å². The summed E-state index contributed by atoms with van der Waals surface area (Å²) in [4.78, 5) is 40.2. The van der Waals surface area contributed by atoms with Crippen molar-refractivity contribution in [2.24, 2.45) is 0 Å². The Hall–Kier alpha value is -3.07. The number of rotatable bonds is 6. The van der Waals surface area contributed by atoms with Crippen molar-refractivity contribution in [2.75, 3.05) is 4.90 Å². The van der Waals surface area contributed by atoms with Crippen LogP contribution in [0, 0.1) is 5.82 Å². The first-order chi connectivity index (χ1) is 16.1. The van der Waals surface area contributed by atoms with Crippen LogP contribution in [-0.2, 0) is 14.4 Å². The lowest BCUT2D eigenvalue weighted by Crippen LogP contribution is -2.57. The van der Waals surface area contributed by atoms with Gasteiger partial charge in [-0.3, -0.25) is 19.3 Å². The summed E-state index contributed by atoms with van der Waals surface area (Å²) in [7, 11) is 0. The zero-order valence-electron chi connectivity index (χ0n) is 18.1. The van der Waals surface area contributed by atoms with Crippen molar-refractivity contribution in [1.82, 2.24) is 10.6 Å². The average Bonchev–Trinajstić information content (AvgIpc) is 2.76. The summed E-state index contributed by atoms with van der Waals surface area (Å²) in [6, 6.07) is 8.38. The number of anilines is 1. The van der Waals surface area contributed by atoms with Crippen molar-refractivity contribution >= 4 is 35.0 Å². The van der Waals surface area contributed by atoms with Crippen molar-refractivity contribution < 1.29 is 27.6 Å². The lowest BCUT2D eigenvalue weighted by molar-refractivity contribution is -0.134. The Labute approximate surface area is 199 Å². The molecule has 2 N–H and O–H groups in total. The Morgan fingerprint density at radius 3 is 2.53 bits per heavy atom. The fourth-order valence-corrected chi connectivity index (χ4v) is 4.56. The fourth-order valence-electron chi connectivity index (χ4n) is 4.33. The number of hydrogen-bond acceptors (Lipinski definition) is 3. The molecule has 0 aromatic heterocycles. The number of halogens is 4. The topological polar surface area (TPSA) is 78.5 Å². The van der Waals surface area contributed by atoms with E-state index in [0.29, 0.717) is 12.8 Å². The van der Waals surface area contributed by atoms with Crippen molar-refractivity contribution in [2.45, 2.75) is 56.2 Å². The number of amides is 3. The fraction of sp³-hybridized carbons (Fsp3) is 0.375. The molecule has 2 aliphatic rings. The molecule has 0 spiro atoms. The van der Waals surface area contributed by atoms with Gasteiger partial charge in [0.05, 0.1) is 0 Å². The number of nitrogens with one attached hydrogen (secondary N) is 2. The highest BCUT2D eigenvalue weighted by Crippen LogP contribution is 2.39. The van der Waals surface area contributed by atoms with Crippen LogP contribution in [0.2, 0.25) is 5.02 Å². The number of carbonyl (C=O) groups is 3. The van der Waals surface area contributed by atoms with Gasteiger partial charge in [-0.25, -0.2) is 13.2 Å². The third kappa shape index (κ3) is 5.19.